The van der Waals surface area contributed by atoms with Crippen LogP contribution >= 0.6 is 0 Å². The van der Waals surface area contributed by atoms with Crippen LogP contribution < -0.4 is 0 Å². The van der Waals surface area contributed by atoms with Crippen LogP contribution in [0.4, 0.5) is 0 Å². The fourth-order valence-corrected chi connectivity index (χ4v) is 0.805. The predicted octanol–water partition coefficient (Wildman–Crippen LogP) is 0.690. The van der Waals surface area contributed by atoms with E-state index in [1.807, 2.05) is 0 Å². The van der Waals surface area contributed by atoms with Crippen molar-refractivity contribution in [3.05, 3.63) is 35.6 Å². The van der Waals surface area contributed by atoms with Gasteiger partial charge in [-0.2, -0.15) is 4.79 Å². The first kappa shape index (κ1) is 8.30. The fourth-order valence-electron chi connectivity index (χ4n) is 0.805. The molecule has 0 N–H and O–H groups in total. The van der Waals surface area contributed by atoms with E-state index in [1.165, 1.54) is 13.1 Å². The third-order valence-corrected chi connectivity index (χ3v) is 1.34. The summed E-state index contributed by atoms with van der Waals surface area (Å²) >= 11 is 0. The molecule has 0 fully saturated rings. The molecule has 0 aliphatic carbocycles. The summed E-state index contributed by atoms with van der Waals surface area (Å²) < 4.78 is 0. The molecule has 1 rings (SSSR count). The van der Waals surface area contributed by atoms with Crippen molar-refractivity contribution < 1.29 is 9.58 Å². The first-order valence-electron chi connectivity index (χ1n) is 3.40. The summed E-state index contributed by atoms with van der Waals surface area (Å²) in [5.74, 6) is -0.309. The molecule has 12 heavy (non-hydrogen) atoms. The number of ketones is 1. The Hall–Kier alpha value is -1.80. The standard InChI is InChI=1S/C8H7N3O/c1-6(12)8(11-9)7-4-2-3-5-10-7/h2-5H,1H3. The SMILES string of the molecule is CC(=O)C(=[N+]=[N-])c1ccccn1. The molecule has 60 valence electrons. The molecule has 4 heteroatoms. The van der Waals surface area contributed by atoms with Crippen LogP contribution in [-0.2, 0) is 4.79 Å². The third kappa shape index (κ3) is 1.62. The van der Waals surface area contributed by atoms with Gasteiger partial charge in [-0.25, -0.2) is 4.98 Å². The van der Waals surface area contributed by atoms with Crippen molar-refractivity contribution in [1.82, 2.24) is 4.98 Å². The second-order valence-electron chi connectivity index (χ2n) is 2.22. The maximum Gasteiger partial charge on any atom is 0.382 e. The quantitative estimate of drug-likeness (QED) is 0.364. The van der Waals surface area contributed by atoms with Crippen LogP contribution in [0.25, 0.3) is 5.53 Å². The summed E-state index contributed by atoms with van der Waals surface area (Å²) in [6.45, 7) is 1.32. The number of hydrogen-bond acceptors (Lipinski definition) is 2. The van der Waals surface area contributed by atoms with E-state index in [4.69, 9.17) is 5.53 Å². The molecule has 0 bridgehead atoms. The molecule has 1 heterocycles. The molecule has 1 aromatic rings. The van der Waals surface area contributed by atoms with Gasteiger partial charge in [0.1, 0.15) is 0 Å². The topological polar surface area (TPSA) is 66.4 Å². The van der Waals surface area contributed by atoms with Crippen LogP contribution in [0.3, 0.4) is 0 Å². The predicted molar refractivity (Wildman–Crippen MR) is 42.6 cm³/mol. The summed E-state index contributed by atoms with van der Waals surface area (Å²) in [5.41, 5.74) is 8.84. The summed E-state index contributed by atoms with van der Waals surface area (Å²) in [6, 6.07) is 5.05. The van der Waals surface area contributed by atoms with Gasteiger partial charge < -0.3 is 5.53 Å². The molecule has 0 radical (unpaired) electrons. The summed E-state index contributed by atoms with van der Waals surface area (Å²) in [7, 11) is 0. The van der Waals surface area contributed by atoms with E-state index >= 15 is 0 Å². The average Bonchev–Trinajstić information content (AvgIpc) is 2.07. The molecule has 0 amide bonds. The van der Waals surface area contributed by atoms with Gasteiger partial charge in [-0.3, -0.25) is 4.79 Å². The summed E-state index contributed by atoms with van der Waals surface area (Å²) in [4.78, 5) is 17.6. The molecule has 0 saturated heterocycles. The van der Waals surface area contributed by atoms with Crippen LogP contribution in [0.1, 0.15) is 12.6 Å². The Balaban J connectivity index is 3.14. The van der Waals surface area contributed by atoms with Crippen molar-refractivity contribution in [2.45, 2.75) is 6.92 Å². The monoisotopic (exact) mass is 161 g/mol. The Morgan fingerprint density at radius 3 is 2.75 bits per heavy atom. The van der Waals surface area contributed by atoms with E-state index in [0.717, 1.165) is 0 Å². The lowest BCUT2D eigenvalue weighted by Gasteiger charge is -1.88. The molecule has 0 unspecified atom stereocenters. The Morgan fingerprint density at radius 1 is 1.58 bits per heavy atom. The van der Waals surface area contributed by atoms with E-state index in [9.17, 15) is 4.79 Å². The van der Waals surface area contributed by atoms with Gasteiger partial charge in [-0.1, -0.05) is 6.07 Å². The third-order valence-electron chi connectivity index (χ3n) is 1.34. The lowest BCUT2D eigenvalue weighted by molar-refractivity contribution is -0.115. The zero-order chi connectivity index (χ0) is 8.97. The van der Waals surface area contributed by atoms with Gasteiger partial charge in [0.25, 0.3) is 0 Å². The summed E-state index contributed by atoms with van der Waals surface area (Å²) in [5, 5.41) is 0. The van der Waals surface area contributed by atoms with Crippen LogP contribution in [-0.4, -0.2) is 21.3 Å². The van der Waals surface area contributed by atoms with Gasteiger partial charge >= 0.3 is 5.71 Å². The minimum absolute atomic E-state index is 0.0180. The number of pyridine rings is 1. The van der Waals surface area contributed by atoms with Crippen LogP contribution in [0.2, 0.25) is 0 Å². The minimum atomic E-state index is -0.309. The van der Waals surface area contributed by atoms with Crippen LogP contribution in [0.5, 0.6) is 0 Å². The number of nitrogens with zero attached hydrogens (tertiary/aromatic N) is 3. The second-order valence-corrected chi connectivity index (χ2v) is 2.22. The lowest BCUT2D eigenvalue weighted by atomic mass is 10.2. The molecule has 0 spiro atoms. The molecular formula is C8H7N3O. The first-order valence-corrected chi connectivity index (χ1v) is 3.40. The number of rotatable bonds is 2. The first-order chi connectivity index (χ1) is 5.75. The number of aromatic nitrogens is 1. The van der Waals surface area contributed by atoms with Crippen molar-refractivity contribution in [2.24, 2.45) is 0 Å². The summed E-state index contributed by atoms with van der Waals surface area (Å²) in [6.07, 6.45) is 1.53. The van der Waals surface area contributed by atoms with Crippen molar-refractivity contribution in [1.29, 1.82) is 0 Å². The number of hydrogen-bond donors (Lipinski definition) is 0. The Bertz CT molecular complexity index is 339. The smallest absolute Gasteiger partial charge is 0.361 e. The van der Waals surface area contributed by atoms with Crippen LogP contribution in [0.15, 0.2) is 24.4 Å². The average molecular weight is 161 g/mol. The highest BCUT2D eigenvalue weighted by atomic mass is 16.1. The zero-order valence-electron chi connectivity index (χ0n) is 6.56. The van der Waals surface area contributed by atoms with E-state index in [2.05, 4.69) is 9.77 Å². The largest absolute Gasteiger partial charge is 0.382 e. The maximum atomic E-state index is 10.8. The highest BCUT2D eigenvalue weighted by Crippen LogP contribution is 1.94. The highest BCUT2D eigenvalue weighted by Gasteiger charge is 2.18. The van der Waals surface area contributed by atoms with Gasteiger partial charge in [0.05, 0.1) is 0 Å². The van der Waals surface area contributed by atoms with Gasteiger partial charge in [0.15, 0.2) is 5.69 Å². The molecular weight excluding hydrogens is 154 g/mol. The van der Waals surface area contributed by atoms with E-state index in [1.54, 1.807) is 18.2 Å². The zero-order valence-corrected chi connectivity index (χ0v) is 6.56. The van der Waals surface area contributed by atoms with Crippen molar-refractivity contribution >= 4 is 11.5 Å². The van der Waals surface area contributed by atoms with E-state index < -0.39 is 0 Å². The normalized spacial score (nSPS) is 8.75. The molecule has 0 saturated carbocycles. The molecule has 1 aromatic heterocycles. The van der Waals surface area contributed by atoms with Gasteiger partial charge in [0, 0.05) is 13.1 Å². The Labute approximate surface area is 69.5 Å². The highest BCUT2D eigenvalue weighted by molar-refractivity contribution is 6.42. The molecule has 0 atom stereocenters. The number of carbonyl (C=O) groups is 1. The molecule has 0 aliphatic heterocycles. The van der Waals surface area contributed by atoms with E-state index in [-0.39, 0.29) is 11.5 Å². The van der Waals surface area contributed by atoms with Crippen molar-refractivity contribution in [3.63, 3.8) is 0 Å². The lowest BCUT2D eigenvalue weighted by Crippen LogP contribution is -2.14. The number of carbonyl (C=O) groups excluding carboxylic acids is 1. The molecule has 4 nitrogen and oxygen atoms in total. The number of Topliss-reactive ketones (excluding diaryl/α,β-unsaturated/α-hetero) is 1. The van der Waals surface area contributed by atoms with Crippen molar-refractivity contribution in [3.8, 4) is 0 Å². The van der Waals surface area contributed by atoms with E-state index in [0.29, 0.717) is 5.69 Å². The maximum absolute atomic E-state index is 10.8. The Kier molecular flexibility index (Phi) is 2.46. The molecule has 0 aromatic carbocycles. The van der Waals surface area contributed by atoms with Gasteiger partial charge in [-0.15, -0.1) is 0 Å². The Morgan fingerprint density at radius 2 is 2.33 bits per heavy atom. The molecule has 0 aliphatic rings. The van der Waals surface area contributed by atoms with Crippen molar-refractivity contribution in [2.75, 3.05) is 0 Å². The fraction of sp³-hybridized carbons (Fsp3) is 0.125. The minimum Gasteiger partial charge on any atom is -0.361 e. The second kappa shape index (κ2) is 3.55. The van der Waals surface area contributed by atoms with Gasteiger partial charge in [-0.05, 0) is 12.1 Å². The van der Waals surface area contributed by atoms with Gasteiger partial charge in [0.2, 0.25) is 5.78 Å². The van der Waals surface area contributed by atoms with Crippen LogP contribution in [0, 0.1) is 0 Å².